The van der Waals surface area contributed by atoms with Gasteiger partial charge in [0.25, 0.3) is 5.91 Å². The van der Waals surface area contributed by atoms with Crippen LogP contribution in [0.5, 0.6) is 0 Å². The minimum Gasteiger partial charge on any atom is -0.336 e. The maximum absolute atomic E-state index is 12.8. The maximum Gasteiger partial charge on any atom is 0.253 e. The second kappa shape index (κ2) is 9.31. The SMILES string of the molecule is CCc1ccc(C(=O)N2CCN(C(C)C(=O)Nc3ccc4ccccc4c3)CC2)cc1. The molecule has 0 spiro atoms. The van der Waals surface area contributed by atoms with Crippen LogP contribution in [0.2, 0.25) is 0 Å². The summed E-state index contributed by atoms with van der Waals surface area (Å²) in [6, 6.07) is 21.7. The second-order valence-corrected chi connectivity index (χ2v) is 8.11. The van der Waals surface area contributed by atoms with Crippen LogP contribution in [-0.4, -0.2) is 53.8 Å². The summed E-state index contributed by atoms with van der Waals surface area (Å²) < 4.78 is 0. The first-order valence-electron chi connectivity index (χ1n) is 11.0. The molecular weight excluding hydrogens is 386 g/mol. The number of rotatable bonds is 5. The van der Waals surface area contributed by atoms with Crippen LogP contribution in [0.1, 0.15) is 29.8 Å². The molecule has 1 aliphatic heterocycles. The Bertz CT molecular complexity index is 1070. The fourth-order valence-electron chi connectivity index (χ4n) is 4.06. The number of fused-ring (bicyclic) bond motifs is 1. The minimum absolute atomic E-state index is 0.0230. The van der Waals surface area contributed by atoms with E-state index in [9.17, 15) is 9.59 Å². The van der Waals surface area contributed by atoms with Crippen LogP contribution in [0.25, 0.3) is 10.8 Å². The van der Waals surface area contributed by atoms with E-state index in [0.717, 1.165) is 28.4 Å². The van der Waals surface area contributed by atoms with Gasteiger partial charge in [-0.15, -0.1) is 0 Å². The lowest BCUT2D eigenvalue weighted by atomic mass is 10.1. The van der Waals surface area contributed by atoms with Crippen LogP contribution in [0.15, 0.2) is 66.7 Å². The Labute approximate surface area is 183 Å². The number of benzene rings is 3. The Balaban J connectivity index is 1.33. The van der Waals surface area contributed by atoms with E-state index in [1.165, 1.54) is 5.56 Å². The Morgan fingerprint density at radius 2 is 1.58 bits per heavy atom. The van der Waals surface area contributed by atoms with Crippen molar-refractivity contribution in [3.05, 3.63) is 77.9 Å². The molecule has 2 amide bonds. The van der Waals surface area contributed by atoms with Gasteiger partial charge in [0.15, 0.2) is 0 Å². The number of hydrogen-bond donors (Lipinski definition) is 1. The van der Waals surface area contributed by atoms with Crippen molar-refractivity contribution < 1.29 is 9.59 Å². The van der Waals surface area contributed by atoms with E-state index in [2.05, 4.69) is 23.2 Å². The second-order valence-electron chi connectivity index (χ2n) is 8.11. The average molecular weight is 416 g/mol. The highest BCUT2D eigenvalue weighted by Crippen LogP contribution is 2.20. The summed E-state index contributed by atoms with van der Waals surface area (Å²) in [5.74, 6) is 0.0424. The third-order valence-electron chi connectivity index (χ3n) is 6.15. The zero-order valence-corrected chi connectivity index (χ0v) is 18.2. The number of amides is 2. The molecule has 1 aliphatic rings. The van der Waals surface area contributed by atoms with Gasteiger partial charge in [-0.1, -0.05) is 49.4 Å². The van der Waals surface area contributed by atoms with Crippen LogP contribution in [0, 0.1) is 0 Å². The number of carbonyl (C=O) groups excluding carboxylic acids is 2. The van der Waals surface area contributed by atoms with E-state index in [0.29, 0.717) is 26.2 Å². The molecule has 5 nitrogen and oxygen atoms in total. The van der Waals surface area contributed by atoms with Crippen LogP contribution < -0.4 is 5.32 Å². The molecule has 1 atom stereocenters. The normalized spacial score (nSPS) is 15.6. The number of anilines is 1. The first-order valence-corrected chi connectivity index (χ1v) is 11.0. The van der Waals surface area contributed by atoms with Crippen molar-refractivity contribution >= 4 is 28.3 Å². The molecule has 1 unspecified atom stereocenters. The highest BCUT2D eigenvalue weighted by atomic mass is 16.2. The van der Waals surface area contributed by atoms with Crippen LogP contribution in [0.3, 0.4) is 0 Å². The van der Waals surface area contributed by atoms with Gasteiger partial charge in [-0.25, -0.2) is 0 Å². The van der Waals surface area contributed by atoms with Crippen molar-refractivity contribution in [1.82, 2.24) is 9.80 Å². The van der Waals surface area contributed by atoms with Crippen molar-refractivity contribution in [2.24, 2.45) is 0 Å². The topological polar surface area (TPSA) is 52.7 Å². The van der Waals surface area contributed by atoms with Crippen molar-refractivity contribution in [3.63, 3.8) is 0 Å². The maximum atomic E-state index is 12.8. The van der Waals surface area contributed by atoms with Gasteiger partial charge in [-0.2, -0.15) is 0 Å². The number of hydrogen-bond acceptors (Lipinski definition) is 3. The molecule has 4 rings (SSSR count). The third kappa shape index (κ3) is 4.78. The van der Waals surface area contributed by atoms with Crippen molar-refractivity contribution in [1.29, 1.82) is 0 Å². The molecule has 1 saturated heterocycles. The summed E-state index contributed by atoms with van der Waals surface area (Å²) in [4.78, 5) is 29.6. The molecular formula is C26H29N3O2. The first kappa shape index (κ1) is 21.1. The van der Waals surface area contributed by atoms with E-state index in [-0.39, 0.29) is 17.9 Å². The molecule has 3 aromatic carbocycles. The lowest BCUT2D eigenvalue weighted by Crippen LogP contribution is -2.54. The van der Waals surface area contributed by atoms with E-state index < -0.39 is 0 Å². The summed E-state index contributed by atoms with van der Waals surface area (Å²) in [6.45, 7) is 6.66. The number of piperazine rings is 1. The molecule has 0 aliphatic carbocycles. The van der Waals surface area contributed by atoms with Crippen molar-refractivity contribution in [3.8, 4) is 0 Å². The van der Waals surface area contributed by atoms with Gasteiger partial charge in [0.05, 0.1) is 6.04 Å². The number of carbonyl (C=O) groups is 2. The van der Waals surface area contributed by atoms with E-state index >= 15 is 0 Å². The molecule has 1 heterocycles. The highest BCUT2D eigenvalue weighted by molar-refractivity contribution is 5.97. The molecule has 1 N–H and O–H groups in total. The van der Waals surface area contributed by atoms with E-state index in [4.69, 9.17) is 0 Å². The van der Waals surface area contributed by atoms with Gasteiger partial charge in [0.2, 0.25) is 5.91 Å². The van der Waals surface area contributed by atoms with Crippen LogP contribution in [-0.2, 0) is 11.2 Å². The number of aryl methyl sites for hydroxylation is 1. The fraction of sp³-hybridized carbons (Fsp3) is 0.308. The summed E-state index contributed by atoms with van der Waals surface area (Å²) in [7, 11) is 0. The van der Waals surface area contributed by atoms with Gasteiger partial charge >= 0.3 is 0 Å². The van der Waals surface area contributed by atoms with E-state index in [1.807, 2.05) is 72.5 Å². The lowest BCUT2D eigenvalue weighted by Gasteiger charge is -2.37. The van der Waals surface area contributed by atoms with Gasteiger partial charge in [-0.3, -0.25) is 14.5 Å². The Morgan fingerprint density at radius 1 is 0.903 bits per heavy atom. The minimum atomic E-state index is -0.257. The summed E-state index contributed by atoms with van der Waals surface area (Å²) in [5, 5.41) is 5.30. The Morgan fingerprint density at radius 3 is 2.26 bits per heavy atom. The monoisotopic (exact) mass is 415 g/mol. The zero-order chi connectivity index (χ0) is 21.8. The quantitative estimate of drug-likeness (QED) is 0.680. The van der Waals surface area contributed by atoms with Gasteiger partial charge in [-0.05, 0) is 53.9 Å². The summed E-state index contributed by atoms with van der Waals surface area (Å²) >= 11 is 0. The van der Waals surface area contributed by atoms with E-state index in [1.54, 1.807) is 0 Å². The molecule has 0 saturated carbocycles. The average Bonchev–Trinajstić information content (AvgIpc) is 2.83. The Kier molecular flexibility index (Phi) is 6.33. The molecule has 31 heavy (non-hydrogen) atoms. The van der Waals surface area contributed by atoms with Gasteiger partial charge < -0.3 is 10.2 Å². The smallest absolute Gasteiger partial charge is 0.253 e. The van der Waals surface area contributed by atoms with Gasteiger partial charge in [0, 0.05) is 37.4 Å². The standard InChI is InChI=1S/C26H29N3O2/c1-3-20-8-10-22(11-9-20)26(31)29-16-14-28(15-17-29)19(2)25(30)27-24-13-12-21-6-4-5-7-23(21)18-24/h4-13,18-19H,3,14-17H2,1-2H3,(H,27,30). The summed E-state index contributed by atoms with van der Waals surface area (Å²) in [6.07, 6.45) is 0.965. The number of nitrogens with one attached hydrogen (secondary N) is 1. The molecule has 3 aromatic rings. The van der Waals surface area contributed by atoms with Gasteiger partial charge in [0.1, 0.15) is 0 Å². The predicted molar refractivity (Wildman–Crippen MR) is 125 cm³/mol. The first-order chi connectivity index (χ1) is 15.0. The third-order valence-corrected chi connectivity index (χ3v) is 6.15. The molecule has 0 radical (unpaired) electrons. The Hall–Kier alpha value is -3.18. The lowest BCUT2D eigenvalue weighted by molar-refractivity contribution is -0.121. The van der Waals surface area contributed by atoms with Crippen LogP contribution in [0.4, 0.5) is 5.69 Å². The molecule has 0 bridgehead atoms. The summed E-state index contributed by atoms with van der Waals surface area (Å²) in [5.41, 5.74) is 2.76. The van der Waals surface area contributed by atoms with Crippen LogP contribution >= 0.6 is 0 Å². The number of nitrogens with zero attached hydrogens (tertiary/aromatic N) is 2. The molecule has 1 fully saturated rings. The predicted octanol–water partition coefficient (Wildman–Crippen LogP) is 4.19. The molecule has 5 heteroatoms. The largest absolute Gasteiger partial charge is 0.336 e. The van der Waals surface area contributed by atoms with Crippen molar-refractivity contribution in [2.75, 3.05) is 31.5 Å². The molecule has 0 aromatic heterocycles. The fourth-order valence-corrected chi connectivity index (χ4v) is 4.06. The molecule has 160 valence electrons. The zero-order valence-electron chi connectivity index (χ0n) is 18.2. The highest BCUT2D eigenvalue weighted by Gasteiger charge is 2.28. The van der Waals surface area contributed by atoms with Crippen molar-refractivity contribution in [2.45, 2.75) is 26.3 Å².